The summed E-state index contributed by atoms with van der Waals surface area (Å²) in [6.45, 7) is 15.9. The number of fused-ring (bicyclic) bond motifs is 8. The van der Waals surface area contributed by atoms with Crippen molar-refractivity contribution in [2.24, 2.45) is 0 Å². The van der Waals surface area contributed by atoms with Crippen molar-refractivity contribution in [3.05, 3.63) is 102 Å². The van der Waals surface area contributed by atoms with E-state index in [-0.39, 0.29) is 40.1 Å². The number of aromatic nitrogens is 4. The van der Waals surface area contributed by atoms with E-state index in [1.54, 1.807) is 12.2 Å². The van der Waals surface area contributed by atoms with Gasteiger partial charge in [-0.25, -0.2) is 0 Å². The molecule has 5 rings (SSSR count). The van der Waals surface area contributed by atoms with Crippen molar-refractivity contribution in [2.45, 2.75) is 53.4 Å². The summed E-state index contributed by atoms with van der Waals surface area (Å²) in [5.74, 6) is -1.80. The Kier molecular flexibility index (Phi) is 9.39. The Balaban J connectivity index is 0.00000423. The molecule has 4 aromatic rings. The Hall–Kier alpha value is -4.06. The Morgan fingerprint density at radius 3 is 1.72 bits per heavy atom. The average molecular weight is 673 g/mol. The number of carbonyl (C=O) groups is 2. The Labute approximate surface area is 269 Å². The molecule has 8 bridgehead atoms. The van der Waals surface area contributed by atoms with E-state index in [1.807, 2.05) is 52.0 Å². The van der Waals surface area contributed by atoms with Crippen molar-refractivity contribution < 1.29 is 47.1 Å². The Bertz CT molecular complexity index is 2030. The minimum absolute atomic E-state index is 0. The van der Waals surface area contributed by atoms with Crippen LogP contribution in [0.15, 0.2) is 13.2 Å². The van der Waals surface area contributed by atoms with Gasteiger partial charge in [0.25, 0.3) is 0 Å². The van der Waals surface area contributed by atoms with Gasteiger partial charge in [0.05, 0.1) is 0 Å². The molecule has 0 amide bonds. The molecule has 0 atom stereocenters. The van der Waals surface area contributed by atoms with Crippen LogP contribution in [0.1, 0.15) is 80.1 Å². The van der Waals surface area contributed by atoms with Crippen LogP contribution in [0.2, 0.25) is 0 Å². The van der Waals surface area contributed by atoms with Crippen LogP contribution < -0.4 is 41.3 Å². The SMILES string of the molecule is C=Cc1c2[n-]c(c1C)/C=c1/[n-]/c(c(CCC(=O)O)c1C)=C\c1[n-]c(c(C)c1CCC(=O)O)/C=c1\[n-]/c(c(C)c1C=C)=C/2.[Cd]. The smallest absolute Gasteiger partial charge is 0.303 e. The second-order valence-electron chi connectivity index (χ2n) is 10.6. The van der Waals surface area contributed by atoms with Crippen LogP contribution in [-0.4, -0.2) is 22.2 Å². The fraction of sp³-hybridized carbons (Fsp3) is 0.235. The molecule has 0 fully saturated rings. The Morgan fingerprint density at radius 1 is 0.605 bits per heavy atom. The van der Waals surface area contributed by atoms with Gasteiger partial charge in [0.1, 0.15) is 0 Å². The molecule has 9 heteroatoms. The third-order valence-corrected chi connectivity index (χ3v) is 8.06. The van der Waals surface area contributed by atoms with Crippen LogP contribution in [-0.2, 0) is 49.7 Å². The number of carboxylic acids is 2. The zero-order valence-corrected chi connectivity index (χ0v) is 28.9. The first-order chi connectivity index (χ1) is 20.0. The third-order valence-electron chi connectivity index (χ3n) is 8.06. The number of hydrogen-bond donors (Lipinski definition) is 2. The summed E-state index contributed by atoms with van der Waals surface area (Å²) < 4.78 is 0. The number of nitrogens with zero attached hydrogens (tertiary/aromatic N) is 4. The normalized spacial score (nSPS) is 15.0. The maximum absolute atomic E-state index is 11.5. The van der Waals surface area contributed by atoms with Gasteiger partial charge in [0, 0.05) is 40.1 Å². The zero-order chi connectivity index (χ0) is 30.3. The van der Waals surface area contributed by atoms with Gasteiger partial charge in [-0.1, -0.05) is 83.0 Å². The predicted molar refractivity (Wildman–Crippen MR) is 163 cm³/mol. The fourth-order valence-electron chi connectivity index (χ4n) is 5.61. The monoisotopic (exact) mass is 674 g/mol. The van der Waals surface area contributed by atoms with Gasteiger partial charge in [-0.15, -0.1) is 44.2 Å². The Morgan fingerprint density at radius 2 is 1.09 bits per heavy atom. The first-order valence-corrected chi connectivity index (χ1v) is 13.8. The van der Waals surface area contributed by atoms with Crippen LogP contribution in [0.4, 0.5) is 0 Å². The molecule has 0 saturated carbocycles. The molecule has 2 N–H and O–H groups in total. The van der Waals surface area contributed by atoms with E-state index < -0.39 is 11.9 Å². The quantitative estimate of drug-likeness (QED) is 0.238. The third kappa shape index (κ3) is 6.06. The van der Waals surface area contributed by atoms with E-state index in [1.165, 1.54) is 0 Å². The van der Waals surface area contributed by atoms with Gasteiger partial charge < -0.3 is 30.1 Å². The van der Waals surface area contributed by atoms with Gasteiger partial charge in [-0.2, -0.15) is 0 Å². The van der Waals surface area contributed by atoms with Crippen LogP contribution in [0, 0.1) is 27.7 Å². The van der Waals surface area contributed by atoms with E-state index in [0.717, 1.165) is 61.2 Å². The molecule has 0 saturated heterocycles. The van der Waals surface area contributed by atoms with Crippen molar-refractivity contribution in [2.75, 3.05) is 0 Å². The molecule has 8 nitrogen and oxygen atoms in total. The predicted octanol–water partition coefficient (Wildman–Crippen LogP) is 1.70. The second-order valence-corrected chi connectivity index (χ2v) is 10.6. The topological polar surface area (TPSA) is 131 Å². The molecule has 1 aliphatic heterocycles. The molecule has 1 aliphatic rings. The number of carboxylic acid groups (broad SMARTS) is 2. The van der Waals surface area contributed by atoms with Gasteiger partial charge in [0.2, 0.25) is 0 Å². The maximum Gasteiger partial charge on any atom is 0.303 e. The van der Waals surface area contributed by atoms with Gasteiger partial charge in [-0.3, -0.25) is 9.59 Å². The summed E-state index contributed by atoms with van der Waals surface area (Å²) in [7, 11) is 0. The molecule has 4 aromatic heterocycles. The number of aliphatic carboxylic acids is 2. The standard InChI is InChI=1S/C34H32N4O4.Cd/c1-7-21-17(3)25-13-26-19(5)23(9-11-33(39)40)31(37-26)16-32-24(10-12-34(41)42)20(6)28(38-32)15-30-22(8-2)18(4)27(36-30)14-29(21)35-25;/h7-8,13-16H,1-2,9-12H2,3-6H3,(H,39,40)(H,41,42);/q-4;/b25-13?,26-13+,27-14+,28-15?,29-14?,30-15-,31-16-,32-16?;. The fourth-order valence-corrected chi connectivity index (χ4v) is 5.61. The van der Waals surface area contributed by atoms with Crippen molar-refractivity contribution in [1.29, 1.82) is 0 Å². The van der Waals surface area contributed by atoms with E-state index in [9.17, 15) is 19.8 Å². The van der Waals surface area contributed by atoms with Crippen LogP contribution in [0.3, 0.4) is 0 Å². The van der Waals surface area contributed by atoms with E-state index in [0.29, 0.717) is 40.3 Å². The average Bonchev–Trinajstić information content (AvgIpc) is 3.59. The first-order valence-electron chi connectivity index (χ1n) is 13.8. The van der Waals surface area contributed by atoms with Crippen LogP contribution >= 0.6 is 0 Å². The second kappa shape index (κ2) is 12.7. The summed E-state index contributed by atoms with van der Waals surface area (Å²) in [4.78, 5) is 42.7. The molecule has 43 heavy (non-hydrogen) atoms. The van der Waals surface area contributed by atoms with Gasteiger partial charge >= 0.3 is 11.9 Å². The summed E-state index contributed by atoms with van der Waals surface area (Å²) >= 11 is 0. The largest absolute Gasteiger partial charge is 0.657 e. The summed E-state index contributed by atoms with van der Waals surface area (Å²) in [6, 6.07) is 0. The molecule has 218 valence electrons. The molecule has 0 radical (unpaired) electrons. The molecule has 0 aromatic carbocycles. The molecular weight excluding hydrogens is 641 g/mol. The van der Waals surface area contributed by atoms with Crippen LogP contribution in [0.25, 0.3) is 36.5 Å². The zero-order valence-electron chi connectivity index (χ0n) is 24.9. The van der Waals surface area contributed by atoms with Gasteiger partial charge in [-0.05, 0) is 51.7 Å². The van der Waals surface area contributed by atoms with E-state index >= 15 is 0 Å². The minimum Gasteiger partial charge on any atom is -0.657 e. The summed E-state index contributed by atoms with van der Waals surface area (Å²) in [6.07, 6.45) is 11.7. The van der Waals surface area contributed by atoms with Crippen molar-refractivity contribution in [1.82, 2.24) is 19.9 Å². The minimum atomic E-state index is -0.898. The maximum atomic E-state index is 11.5. The first kappa shape index (κ1) is 31.9. The molecule has 0 spiro atoms. The van der Waals surface area contributed by atoms with E-state index in [2.05, 4.69) is 13.2 Å². The molecule has 0 unspecified atom stereocenters. The molecule has 5 heterocycles. The van der Waals surface area contributed by atoms with Crippen molar-refractivity contribution >= 4 is 48.4 Å². The number of rotatable bonds is 8. The van der Waals surface area contributed by atoms with Crippen LogP contribution in [0.5, 0.6) is 0 Å². The summed E-state index contributed by atoms with van der Waals surface area (Å²) in [5.41, 5.74) is 9.84. The molecule has 0 aliphatic carbocycles. The number of hydrogen-bond acceptors (Lipinski definition) is 2. The van der Waals surface area contributed by atoms with Gasteiger partial charge in [0.15, 0.2) is 0 Å². The van der Waals surface area contributed by atoms with Crippen molar-refractivity contribution in [3.8, 4) is 0 Å². The van der Waals surface area contributed by atoms with E-state index in [4.69, 9.17) is 19.9 Å². The van der Waals surface area contributed by atoms with Crippen molar-refractivity contribution in [3.63, 3.8) is 0 Å². The summed E-state index contributed by atoms with van der Waals surface area (Å²) in [5, 5.41) is 21.7. The molecular formula is C34H32CdN4O4-4.